The third-order valence-electron chi connectivity index (χ3n) is 4.96. The third-order valence-corrected chi connectivity index (χ3v) is 5.20. The SMILES string of the molecule is CCN1CCCC1CNCc1cc(Cl)ccc1OCc1ccccc1F.Cl.Cl. The van der Waals surface area contributed by atoms with Crippen LogP contribution >= 0.6 is 36.4 Å². The minimum absolute atomic E-state index is 0. The molecule has 1 heterocycles. The van der Waals surface area contributed by atoms with Gasteiger partial charge in [-0.1, -0.05) is 36.7 Å². The van der Waals surface area contributed by atoms with Crippen LogP contribution < -0.4 is 10.1 Å². The number of hydrogen-bond donors (Lipinski definition) is 1. The van der Waals surface area contributed by atoms with E-state index >= 15 is 0 Å². The summed E-state index contributed by atoms with van der Waals surface area (Å²) in [7, 11) is 0. The van der Waals surface area contributed by atoms with Crippen LogP contribution in [0.2, 0.25) is 5.02 Å². The van der Waals surface area contributed by atoms with Crippen molar-refractivity contribution in [3.8, 4) is 5.75 Å². The molecule has 0 aliphatic carbocycles. The molecule has 0 amide bonds. The van der Waals surface area contributed by atoms with Crippen molar-refractivity contribution in [1.82, 2.24) is 10.2 Å². The van der Waals surface area contributed by atoms with E-state index in [0.29, 0.717) is 23.2 Å². The predicted octanol–water partition coefficient (Wildman–Crippen LogP) is 5.48. The Kier molecular flexibility index (Phi) is 11.2. The first-order chi connectivity index (χ1) is 12.7. The van der Waals surface area contributed by atoms with Gasteiger partial charge in [0.1, 0.15) is 18.2 Å². The van der Waals surface area contributed by atoms with E-state index in [0.717, 1.165) is 24.4 Å². The lowest BCUT2D eigenvalue weighted by Crippen LogP contribution is -2.37. The highest BCUT2D eigenvalue weighted by Crippen LogP contribution is 2.24. The van der Waals surface area contributed by atoms with Gasteiger partial charge in [0.25, 0.3) is 0 Å². The van der Waals surface area contributed by atoms with Crippen molar-refractivity contribution in [3.05, 3.63) is 64.4 Å². The van der Waals surface area contributed by atoms with E-state index in [-0.39, 0.29) is 37.2 Å². The number of likely N-dealkylation sites (tertiary alicyclic amines) is 1. The summed E-state index contributed by atoms with van der Waals surface area (Å²) in [5.41, 5.74) is 1.54. The summed E-state index contributed by atoms with van der Waals surface area (Å²) < 4.78 is 19.7. The highest BCUT2D eigenvalue weighted by atomic mass is 35.5. The lowest BCUT2D eigenvalue weighted by atomic mass is 10.1. The fourth-order valence-electron chi connectivity index (χ4n) is 3.51. The summed E-state index contributed by atoms with van der Waals surface area (Å²) in [5, 5.41) is 4.21. The standard InChI is InChI=1S/C21H26ClFN2O.2ClH/c1-2-25-11-5-7-19(25)14-24-13-17-12-18(22)9-10-21(17)26-15-16-6-3-4-8-20(16)23;;/h3-4,6,8-10,12,19,24H,2,5,7,11,13-15H2,1H3;2*1H. The van der Waals surface area contributed by atoms with Gasteiger partial charge in [-0.2, -0.15) is 0 Å². The minimum atomic E-state index is -0.248. The van der Waals surface area contributed by atoms with Crippen molar-refractivity contribution in [1.29, 1.82) is 0 Å². The zero-order chi connectivity index (χ0) is 18.4. The zero-order valence-corrected chi connectivity index (χ0v) is 18.4. The molecule has 2 aromatic rings. The van der Waals surface area contributed by atoms with E-state index < -0.39 is 0 Å². The Morgan fingerprint density at radius 1 is 1.18 bits per heavy atom. The minimum Gasteiger partial charge on any atom is -0.488 e. The first-order valence-corrected chi connectivity index (χ1v) is 9.64. The normalized spacial score (nSPS) is 16.3. The van der Waals surface area contributed by atoms with Gasteiger partial charge in [-0.05, 0) is 50.2 Å². The topological polar surface area (TPSA) is 24.5 Å². The van der Waals surface area contributed by atoms with Crippen LogP contribution in [0.4, 0.5) is 4.39 Å². The molecule has 1 unspecified atom stereocenters. The second-order valence-electron chi connectivity index (χ2n) is 6.69. The summed E-state index contributed by atoms with van der Waals surface area (Å²) >= 11 is 6.16. The highest BCUT2D eigenvalue weighted by Gasteiger charge is 2.22. The molecule has 3 nitrogen and oxygen atoms in total. The van der Waals surface area contributed by atoms with E-state index in [1.54, 1.807) is 18.2 Å². The Labute approximate surface area is 184 Å². The zero-order valence-electron chi connectivity index (χ0n) is 16.0. The average Bonchev–Trinajstić information content (AvgIpc) is 3.10. The van der Waals surface area contributed by atoms with E-state index in [4.69, 9.17) is 16.3 Å². The van der Waals surface area contributed by atoms with E-state index in [9.17, 15) is 4.39 Å². The van der Waals surface area contributed by atoms with E-state index in [2.05, 4.69) is 17.1 Å². The number of nitrogens with one attached hydrogen (secondary N) is 1. The van der Waals surface area contributed by atoms with Crippen LogP contribution in [0.5, 0.6) is 5.75 Å². The average molecular weight is 450 g/mol. The van der Waals surface area contributed by atoms with Crippen molar-refractivity contribution in [3.63, 3.8) is 0 Å². The van der Waals surface area contributed by atoms with Gasteiger partial charge in [0, 0.05) is 35.3 Å². The number of hydrogen-bond acceptors (Lipinski definition) is 3. The molecule has 1 saturated heterocycles. The molecule has 0 bridgehead atoms. The van der Waals surface area contributed by atoms with Crippen LogP contribution in [0.15, 0.2) is 42.5 Å². The number of nitrogens with zero attached hydrogens (tertiary/aromatic N) is 1. The first kappa shape index (κ1) is 25.0. The van der Waals surface area contributed by atoms with Gasteiger partial charge in [0.2, 0.25) is 0 Å². The maximum absolute atomic E-state index is 13.8. The first-order valence-electron chi connectivity index (χ1n) is 9.26. The number of rotatable bonds is 8. The van der Waals surface area contributed by atoms with E-state index in [1.807, 2.05) is 18.2 Å². The van der Waals surface area contributed by atoms with Crippen molar-refractivity contribution >= 4 is 36.4 Å². The molecule has 0 aromatic heterocycles. The molecule has 1 N–H and O–H groups in total. The van der Waals surface area contributed by atoms with Gasteiger partial charge >= 0.3 is 0 Å². The summed E-state index contributed by atoms with van der Waals surface area (Å²) in [6.07, 6.45) is 2.52. The molecule has 0 spiro atoms. The molecule has 2 aromatic carbocycles. The maximum atomic E-state index is 13.8. The quantitative estimate of drug-likeness (QED) is 0.578. The van der Waals surface area contributed by atoms with Gasteiger partial charge in [-0.25, -0.2) is 4.39 Å². The van der Waals surface area contributed by atoms with Gasteiger partial charge in [0.15, 0.2) is 0 Å². The highest BCUT2D eigenvalue weighted by molar-refractivity contribution is 6.30. The summed E-state index contributed by atoms with van der Waals surface area (Å²) in [5.74, 6) is 0.492. The second kappa shape index (κ2) is 12.5. The maximum Gasteiger partial charge on any atom is 0.129 e. The molecule has 156 valence electrons. The number of benzene rings is 2. The summed E-state index contributed by atoms with van der Waals surface area (Å²) in [6.45, 7) is 6.34. The Balaban J connectivity index is 0.00000196. The largest absolute Gasteiger partial charge is 0.488 e. The Morgan fingerprint density at radius 2 is 1.96 bits per heavy atom. The molecular weight excluding hydrogens is 422 g/mol. The fraction of sp³-hybridized carbons (Fsp3) is 0.429. The van der Waals surface area contributed by atoms with Gasteiger partial charge in [0.05, 0.1) is 0 Å². The van der Waals surface area contributed by atoms with Crippen LogP contribution in [0.25, 0.3) is 0 Å². The second-order valence-corrected chi connectivity index (χ2v) is 7.12. The van der Waals surface area contributed by atoms with Crippen LogP contribution in [0, 0.1) is 5.82 Å². The smallest absolute Gasteiger partial charge is 0.129 e. The van der Waals surface area contributed by atoms with Crippen molar-refractivity contribution < 1.29 is 9.13 Å². The van der Waals surface area contributed by atoms with Crippen molar-refractivity contribution in [2.45, 2.75) is 39.0 Å². The number of ether oxygens (including phenoxy) is 1. The Morgan fingerprint density at radius 3 is 2.71 bits per heavy atom. The molecule has 28 heavy (non-hydrogen) atoms. The monoisotopic (exact) mass is 448 g/mol. The van der Waals surface area contributed by atoms with Crippen molar-refractivity contribution in [2.75, 3.05) is 19.6 Å². The molecule has 1 atom stereocenters. The van der Waals surface area contributed by atoms with Gasteiger partial charge < -0.3 is 10.1 Å². The predicted molar refractivity (Wildman–Crippen MR) is 119 cm³/mol. The van der Waals surface area contributed by atoms with Gasteiger partial charge in [-0.15, -0.1) is 24.8 Å². The van der Waals surface area contributed by atoms with Crippen molar-refractivity contribution in [2.24, 2.45) is 0 Å². The number of likely N-dealkylation sites (N-methyl/N-ethyl adjacent to an activating group) is 1. The lowest BCUT2D eigenvalue weighted by molar-refractivity contribution is 0.258. The molecule has 1 fully saturated rings. The number of halogens is 4. The van der Waals surface area contributed by atoms with Crippen LogP contribution in [0.3, 0.4) is 0 Å². The Bertz CT molecular complexity index is 733. The van der Waals surface area contributed by atoms with E-state index in [1.165, 1.54) is 25.5 Å². The molecule has 1 aliphatic heterocycles. The molecule has 0 saturated carbocycles. The van der Waals surface area contributed by atoms with Crippen LogP contribution in [0.1, 0.15) is 30.9 Å². The van der Waals surface area contributed by atoms with Crippen LogP contribution in [-0.4, -0.2) is 30.6 Å². The molecule has 0 radical (unpaired) electrons. The molecule has 1 aliphatic rings. The molecular formula is C21H28Cl3FN2O. The lowest BCUT2D eigenvalue weighted by Gasteiger charge is -2.23. The molecule has 3 rings (SSSR count). The summed E-state index contributed by atoms with van der Waals surface area (Å²) in [4.78, 5) is 2.51. The third kappa shape index (κ3) is 6.78. The Hall–Kier alpha value is -1.04. The fourth-order valence-corrected chi connectivity index (χ4v) is 3.71. The van der Waals surface area contributed by atoms with Crippen LogP contribution in [-0.2, 0) is 13.2 Å². The van der Waals surface area contributed by atoms with Gasteiger partial charge in [-0.3, -0.25) is 4.90 Å². The molecule has 7 heteroatoms. The summed E-state index contributed by atoms with van der Waals surface area (Å²) in [6, 6.07) is 12.9.